The van der Waals surface area contributed by atoms with E-state index in [-0.39, 0.29) is 12.5 Å². The summed E-state index contributed by atoms with van der Waals surface area (Å²) in [5, 5.41) is 0. The predicted octanol–water partition coefficient (Wildman–Crippen LogP) is 2.74. The number of carbonyl (C=O) groups is 1. The molecule has 1 aromatic carbocycles. The summed E-state index contributed by atoms with van der Waals surface area (Å²) in [6, 6.07) is 9.78. The number of amides is 1. The predicted molar refractivity (Wildman–Crippen MR) is 88.5 cm³/mol. The number of hydrogen-bond donors (Lipinski definition) is 0. The highest BCUT2D eigenvalue weighted by Crippen LogP contribution is 2.24. The van der Waals surface area contributed by atoms with Crippen molar-refractivity contribution in [2.24, 2.45) is 0 Å². The van der Waals surface area contributed by atoms with Crippen LogP contribution in [0.3, 0.4) is 0 Å². The number of hydrogen-bond acceptors (Lipinski definition) is 3. The molecule has 0 aliphatic carbocycles. The first kappa shape index (κ1) is 15.6. The lowest BCUT2D eigenvalue weighted by molar-refractivity contribution is -0.135. The maximum Gasteiger partial charge on any atom is 0.260 e. The Kier molecular flexibility index (Phi) is 4.65. The van der Waals surface area contributed by atoms with Gasteiger partial charge in [0, 0.05) is 25.0 Å². The van der Waals surface area contributed by atoms with E-state index in [1.165, 1.54) is 0 Å². The smallest absolute Gasteiger partial charge is 0.260 e. The van der Waals surface area contributed by atoms with E-state index in [4.69, 9.17) is 4.74 Å². The molecule has 0 N–H and O–H groups in total. The van der Waals surface area contributed by atoms with E-state index in [1.807, 2.05) is 48.4 Å². The van der Waals surface area contributed by atoms with Gasteiger partial charge in [-0.25, -0.2) is 4.98 Å². The average Bonchev–Trinajstić information content (AvgIpc) is 2.92. The Bertz CT molecular complexity index is 647. The first-order valence-corrected chi connectivity index (χ1v) is 8.11. The topological polar surface area (TPSA) is 47.4 Å². The minimum Gasteiger partial charge on any atom is -0.484 e. The Labute approximate surface area is 136 Å². The lowest BCUT2D eigenvalue weighted by Crippen LogP contribution is -2.43. The van der Waals surface area contributed by atoms with Crippen LogP contribution in [0.1, 0.15) is 30.4 Å². The van der Waals surface area contributed by atoms with Crippen LogP contribution in [0.4, 0.5) is 0 Å². The molecule has 1 amide bonds. The van der Waals surface area contributed by atoms with Crippen molar-refractivity contribution < 1.29 is 9.53 Å². The first-order chi connectivity index (χ1) is 11.1. The van der Waals surface area contributed by atoms with Crippen molar-refractivity contribution in [1.82, 2.24) is 14.5 Å². The summed E-state index contributed by atoms with van der Waals surface area (Å²) in [7, 11) is 0. The highest BCUT2D eigenvalue weighted by Gasteiger charge is 2.26. The molecule has 0 radical (unpaired) electrons. The van der Waals surface area contributed by atoms with E-state index < -0.39 is 0 Å². The second-order valence-corrected chi connectivity index (χ2v) is 6.05. The molecule has 0 spiro atoms. The van der Waals surface area contributed by atoms with Crippen molar-refractivity contribution in [3.63, 3.8) is 0 Å². The highest BCUT2D eigenvalue weighted by molar-refractivity contribution is 5.77. The molecule has 5 heteroatoms. The van der Waals surface area contributed by atoms with Gasteiger partial charge < -0.3 is 14.2 Å². The quantitative estimate of drug-likeness (QED) is 0.872. The Hall–Kier alpha value is -2.30. The molecule has 1 aliphatic rings. The van der Waals surface area contributed by atoms with Crippen LogP contribution in [-0.4, -0.2) is 40.1 Å². The van der Waals surface area contributed by atoms with E-state index in [0.29, 0.717) is 6.04 Å². The standard InChI is InChI=1S/C18H23N3O2/c1-14-11-19-15(2)21(14)16-7-6-10-20(12-16)18(22)13-23-17-8-4-3-5-9-17/h3-5,8-9,11,16H,6-7,10,12-13H2,1-2H3. The number of nitrogens with zero attached hydrogens (tertiary/aromatic N) is 3. The number of imidazole rings is 1. The fourth-order valence-electron chi connectivity index (χ4n) is 3.26. The minimum absolute atomic E-state index is 0.0500. The SMILES string of the molecule is Cc1cnc(C)n1C1CCCN(C(=O)COc2ccccc2)C1. The molecule has 1 unspecified atom stereocenters. The monoisotopic (exact) mass is 313 g/mol. The number of aromatic nitrogens is 2. The Morgan fingerprint density at radius 3 is 2.78 bits per heavy atom. The van der Waals surface area contributed by atoms with Gasteiger partial charge in [-0.15, -0.1) is 0 Å². The zero-order valence-corrected chi connectivity index (χ0v) is 13.7. The molecule has 1 fully saturated rings. The van der Waals surface area contributed by atoms with E-state index in [9.17, 15) is 4.79 Å². The summed E-state index contributed by atoms with van der Waals surface area (Å²) in [5.41, 5.74) is 1.15. The molecular weight excluding hydrogens is 290 g/mol. The molecule has 23 heavy (non-hydrogen) atoms. The van der Waals surface area contributed by atoms with Gasteiger partial charge in [0.25, 0.3) is 5.91 Å². The fraction of sp³-hybridized carbons (Fsp3) is 0.444. The number of piperidine rings is 1. The zero-order valence-electron chi connectivity index (χ0n) is 13.7. The molecule has 2 heterocycles. The molecule has 5 nitrogen and oxygen atoms in total. The molecule has 2 aromatic rings. The summed E-state index contributed by atoms with van der Waals surface area (Å²) in [4.78, 5) is 18.7. The van der Waals surface area contributed by atoms with Crippen molar-refractivity contribution >= 4 is 5.91 Å². The van der Waals surface area contributed by atoms with Crippen molar-refractivity contribution in [3.05, 3.63) is 48.0 Å². The molecular formula is C18H23N3O2. The number of carbonyl (C=O) groups excluding carboxylic acids is 1. The van der Waals surface area contributed by atoms with Crippen LogP contribution in [0.2, 0.25) is 0 Å². The molecule has 1 aromatic heterocycles. The maximum atomic E-state index is 12.4. The number of aryl methyl sites for hydroxylation is 2. The average molecular weight is 313 g/mol. The molecule has 1 aliphatic heterocycles. The van der Waals surface area contributed by atoms with Crippen LogP contribution in [0.25, 0.3) is 0 Å². The minimum atomic E-state index is 0.0500. The Morgan fingerprint density at radius 1 is 1.30 bits per heavy atom. The van der Waals surface area contributed by atoms with Gasteiger partial charge in [0.1, 0.15) is 11.6 Å². The number of para-hydroxylation sites is 1. The summed E-state index contributed by atoms with van der Waals surface area (Å²) in [5.74, 6) is 1.80. The molecule has 3 rings (SSSR count). The van der Waals surface area contributed by atoms with Gasteiger partial charge >= 0.3 is 0 Å². The van der Waals surface area contributed by atoms with E-state index in [0.717, 1.165) is 43.2 Å². The van der Waals surface area contributed by atoms with Crippen LogP contribution in [-0.2, 0) is 4.79 Å². The van der Waals surface area contributed by atoms with Crippen molar-refractivity contribution in [3.8, 4) is 5.75 Å². The summed E-state index contributed by atoms with van der Waals surface area (Å²) >= 11 is 0. The Balaban J connectivity index is 1.61. The van der Waals surface area contributed by atoms with Crippen molar-refractivity contribution in [2.45, 2.75) is 32.7 Å². The third-order valence-corrected chi connectivity index (χ3v) is 4.39. The van der Waals surface area contributed by atoms with Crippen LogP contribution >= 0.6 is 0 Å². The van der Waals surface area contributed by atoms with Gasteiger partial charge in [0.2, 0.25) is 0 Å². The van der Waals surface area contributed by atoms with Crippen molar-refractivity contribution in [1.29, 1.82) is 0 Å². The number of ether oxygens (including phenoxy) is 1. The third-order valence-electron chi connectivity index (χ3n) is 4.39. The fourth-order valence-corrected chi connectivity index (χ4v) is 3.26. The lowest BCUT2D eigenvalue weighted by Gasteiger charge is -2.34. The van der Waals surface area contributed by atoms with Gasteiger partial charge in [-0.1, -0.05) is 18.2 Å². The first-order valence-electron chi connectivity index (χ1n) is 8.11. The normalized spacial score (nSPS) is 18.0. The third kappa shape index (κ3) is 3.55. The molecule has 0 bridgehead atoms. The summed E-state index contributed by atoms with van der Waals surface area (Å²) < 4.78 is 7.83. The lowest BCUT2D eigenvalue weighted by atomic mass is 10.0. The zero-order chi connectivity index (χ0) is 16.2. The van der Waals surface area contributed by atoms with Gasteiger partial charge in [-0.3, -0.25) is 4.79 Å². The number of benzene rings is 1. The van der Waals surface area contributed by atoms with Gasteiger partial charge in [-0.05, 0) is 38.8 Å². The summed E-state index contributed by atoms with van der Waals surface area (Å²) in [6.45, 7) is 5.72. The van der Waals surface area contributed by atoms with Crippen LogP contribution in [0.5, 0.6) is 5.75 Å². The van der Waals surface area contributed by atoms with Crippen molar-refractivity contribution in [2.75, 3.05) is 19.7 Å². The van der Waals surface area contributed by atoms with Gasteiger partial charge in [-0.2, -0.15) is 0 Å². The Morgan fingerprint density at radius 2 is 2.09 bits per heavy atom. The molecule has 122 valence electrons. The van der Waals surface area contributed by atoms with Crippen LogP contribution < -0.4 is 4.74 Å². The van der Waals surface area contributed by atoms with E-state index in [1.54, 1.807) is 0 Å². The second kappa shape index (κ2) is 6.86. The van der Waals surface area contributed by atoms with E-state index in [2.05, 4.69) is 16.5 Å². The maximum absolute atomic E-state index is 12.4. The number of likely N-dealkylation sites (tertiary alicyclic amines) is 1. The molecule has 1 atom stereocenters. The van der Waals surface area contributed by atoms with Crippen LogP contribution in [0, 0.1) is 13.8 Å². The van der Waals surface area contributed by atoms with E-state index >= 15 is 0 Å². The highest BCUT2D eigenvalue weighted by atomic mass is 16.5. The molecule has 0 saturated carbocycles. The number of rotatable bonds is 4. The largest absolute Gasteiger partial charge is 0.484 e. The van der Waals surface area contributed by atoms with Crippen LogP contribution in [0.15, 0.2) is 36.5 Å². The summed E-state index contributed by atoms with van der Waals surface area (Å²) in [6.07, 6.45) is 3.99. The molecule has 1 saturated heterocycles. The second-order valence-electron chi connectivity index (χ2n) is 6.05. The van der Waals surface area contributed by atoms with Gasteiger partial charge in [0.05, 0.1) is 6.04 Å². The van der Waals surface area contributed by atoms with Gasteiger partial charge in [0.15, 0.2) is 6.61 Å².